The molecule has 0 aromatic heterocycles. The molecular formula is C25H40O4. The lowest BCUT2D eigenvalue weighted by molar-refractivity contribution is -0.141. The van der Waals surface area contributed by atoms with Gasteiger partial charge in [-0.1, -0.05) is 20.8 Å². The Kier molecular flexibility index (Phi) is 4.68. The van der Waals surface area contributed by atoms with E-state index in [1.165, 1.54) is 39.2 Å². The number of esters is 1. The van der Waals surface area contributed by atoms with Gasteiger partial charge in [-0.05, 0) is 92.8 Å². The van der Waals surface area contributed by atoms with E-state index in [-0.39, 0.29) is 23.1 Å². The van der Waals surface area contributed by atoms with E-state index in [1.807, 2.05) is 0 Å². The third-order valence-corrected chi connectivity index (χ3v) is 10.8. The Hall–Kier alpha value is -0.610. The predicted molar refractivity (Wildman–Crippen MR) is 111 cm³/mol. The average Bonchev–Trinajstić information content (AvgIpc) is 3.31. The zero-order valence-corrected chi connectivity index (χ0v) is 18.8. The minimum absolute atomic E-state index is 0.0736. The summed E-state index contributed by atoms with van der Waals surface area (Å²) in [5.41, 5.74) is 0.711. The van der Waals surface area contributed by atoms with E-state index in [0.29, 0.717) is 41.6 Å². The quantitative estimate of drug-likeness (QED) is 0.544. The minimum atomic E-state index is -0.0985. The van der Waals surface area contributed by atoms with Crippen molar-refractivity contribution >= 4 is 5.97 Å². The number of carbonyl (C=O) groups excluding carboxylic acids is 1. The molecule has 1 N–H and O–H groups in total. The minimum Gasteiger partial charge on any atom is -0.469 e. The first-order valence-electron chi connectivity index (χ1n) is 12.2. The van der Waals surface area contributed by atoms with Crippen LogP contribution in [-0.4, -0.2) is 36.0 Å². The van der Waals surface area contributed by atoms with Crippen LogP contribution >= 0.6 is 0 Å². The van der Waals surface area contributed by atoms with Gasteiger partial charge in [0.1, 0.15) is 5.60 Å². The zero-order chi connectivity index (χ0) is 20.6. The van der Waals surface area contributed by atoms with E-state index in [0.717, 1.165) is 31.6 Å². The summed E-state index contributed by atoms with van der Waals surface area (Å²) in [5, 5.41) is 10.3. The van der Waals surface area contributed by atoms with Crippen molar-refractivity contribution in [1.82, 2.24) is 0 Å². The molecule has 3 unspecified atom stereocenters. The number of hydrogen-bond acceptors (Lipinski definition) is 4. The first kappa shape index (κ1) is 20.3. The van der Waals surface area contributed by atoms with Crippen molar-refractivity contribution in [3.8, 4) is 0 Å². The van der Waals surface area contributed by atoms with Gasteiger partial charge in [-0.25, -0.2) is 0 Å². The lowest BCUT2D eigenvalue weighted by atomic mass is 9.44. The molecule has 0 aromatic rings. The number of fused-ring (bicyclic) bond motifs is 3. The summed E-state index contributed by atoms with van der Waals surface area (Å²) in [7, 11) is 1.49. The van der Waals surface area contributed by atoms with E-state index in [9.17, 15) is 9.90 Å². The molecule has 5 fully saturated rings. The monoisotopic (exact) mass is 404 g/mol. The molecule has 10 atom stereocenters. The van der Waals surface area contributed by atoms with Gasteiger partial charge >= 0.3 is 5.97 Å². The Bertz CT molecular complexity index is 678. The number of hydrogen-bond donors (Lipinski definition) is 1. The molecule has 5 aliphatic rings. The van der Waals surface area contributed by atoms with Crippen molar-refractivity contribution in [3.63, 3.8) is 0 Å². The highest BCUT2D eigenvalue weighted by molar-refractivity contribution is 5.69. The van der Waals surface area contributed by atoms with E-state index < -0.39 is 0 Å². The van der Waals surface area contributed by atoms with Crippen LogP contribution in [0.1, 0.15) is 85.0 Å². The fourth-order valence-electron chi connectivity index (χ4n) is 9.31. The topological polar surface area (TPSA) is 59.1 Å². The van der Waals surface area contributed by atoms with Crippen LogP contribution in [0.5, 0.6) is 0 Å². The molecule has 5 rings (SSSR count). The smallest absolute Gasteiger partial charge is 0.305 e. The van der Waals surface area contributed by atoms with Gasteiger partial charge in [-0.15, -0.1) is 0 Å². The summed E-state index contributed by atoms with van der Waals surface area (Å²) in [6, 6.07) is 0. The van der Waals surface area contributed by atoms with E-state index in [4.69, 9.17) is 9.47 Å². The van der Waals surface area contributed by atoms with Crippen LogP contribution in [0.15, 0.2) is 0 Å². The van der Waals surface area contributed by atoms with E-state index in [1.54, 1.807) is 0 Å². The summed E-state index contributed by atoms with van der Waals surface area (Å²) in [6.07, 6.45) is 11.3. The molecule has 1 saturated heterocycles. The third-order valence-electron chi connectivity index (χ3n) is 10.8. The second-order valence-corrected chi connectivity index (χ2v) is 11.7. The molecule has 0 bridgehead atoms. The molecule has 4 nitrogen and oxygen atoms in total. The molecular weight excluding hydrogens is 364 g/mol. The lowest BCUT2D eigenvalue weighted by Gasteiger charge is -2.59. The second kappa shape index (κ2) is 6.69. The number of ether oxygens (including phenoxy) is 2. The maximum Gasteiger partial charge on any atom is 0.305 e. The molecule has 4 saturated carbocycles. The Morgan fingerprint density at radius 2 is 1.93 bits per heavy atom. The molecule has 1 spiro atoms. The van der Waals surface area contributed by atoms with E-state index >= 15 is 0 Å². The summed E-state index contributed by atoms with van der Waals surface area (Å²) in [6.45, 7) is 7.41. The van der Waals surface area contributed by atoms with Gasteiger partial charge in [-0.3, -0.25) is 4.79 Å². The lowest BCUT2D eigenvalue weighted by Crippen LogP contribution is -2.60. The fourth-order valence-corrected chi connectivity index (χ4v) is 9.31. The first-order chi connectivity index (χ1) is 13.8. The number of carbonyl (C=O) groups is 1. The molecule has 1 heterocycles. The first-order valence-corrected chi connectivity index (χ1v) is 12.2. The molecule has 4 heteroatoms. The Balaban J connectivity index is 1.37. The highest BCUT2D eigenvalue weighted by Crippen LogP contribution is 2.76. The normalized spacial score (nSPS) is 53.8. The van der Waals surface area contributed by atoms with Gasteiger partial charge in [0.15, 0.2) is 0 Å². The number of methoxy groups -OCH3 is 1. The van der Waals surface area contributed by atoms with Crippen LogP contribution in [-0.2, 0) is 14.3 Å². The van der Waals surface area contributed by atoms with Crippen molar-refractivity contribution in [2.24, 2.45) is 40.4 Å². The second-order valence-electron chi connectivity index (χ2n) is 11.7. The summed E-state index contributed by atoms with van der Waals surface area (Å²) in [5.74, 6) is 3.27. The average molecular weight is 405 g/mol. The molecule has 164 valence electrons. The van der Waals surface area contributed by atoms with Gasteiger partial charge < -0.3 is 14.6 Å². The Morgan fingerprint density at radius 1 is 1.17 bits per heavy atom. The summed E-state index contributed by atoms with van der Waals surface area (Å²) < 4.78 is 11.6. The van der Waals surface area contributed by atoms with Crippen molar-refractivity contribution < 1.29 is 19.4 Å². The molecule has 29 heavy (non-hydrogen) atoms. The van der Waals surface area contributed by atoms with Crippen LogP contribution in [0.4, 0.5) is 0 Å². The standard InChI is InChI=1S/C25H40O4/c1-15(5-10-22(27)28-4)18-8-9-19-20-7-6-16-13-17(26)11-12-24(16,3)25(20)21(29-25)14-23(18,19)2/h15-21,26H,5-14H2,1-4H3/t15-,16-,17-,18?,19?,20?,21-,23-,24+,25+/m1/s1. The van der Waals surface area contributed by atoms with Gasteiger partial charge in [0.2, 0.25) is 0 Å². The van der Waals surface area contributed by atoms with Gasteiger partial charge in [0, 0.05) is 11.8 Å². The van der Waals surface area contributed by atoms with Gasteiger partial charge in [0.25, 0.3) is 0 Å². The molecule has 0 amide bonds. The van der Waals surface area contributed by atoms with Crippen molar-refractivity contribution in [3.05, 3.63) is 0 Å². The zero-order valence-electron chi connectivity index (χ0n) is 18.8. The van der Waals surface area contributed by atoms with Crippen molar-refractivity contribution in [2.45, 2.75) is 103 Å². The van der Waals surface area contributed by atoms with Crippen LogP contribution < -0.4 is 0 Å². The highest BCUT2D eigenvalue weighted by Gasteiger charge is 2.79. The van der Waals surface area contributed by atoms with Crippen LogP contribution in [0, 0.1) is 40.4 Å². The summed E-state index contributed by atoms with van der Waals surface area (Å²) in [4.78, 5) is 11.7. The van der Waals surface area contributed by atoms with Crippen LogP contribution in [0.2, 0.25) is 0 Å². The van der Waals surface area contributed by atoms with Crippen LogP contribution in [0.3, 0.4) is 0 Å². The largest absolute Gasteiger partial charge is 0.469 e. The number of epoxide rings is 1. The highest BCUT2D eigenvalue weighted by atomic mass is 16.6. The number of aliphatic hydroxyl groups excluding tert-OH is 1. The SMILES string of the molecule is COC(=O)CC[C@@H](C)C1CCC2C3CC[C@@H]4C[C@H](O)CC[C@]4(C)[C@]34O[C@@H]4C[C@@]21C. The van der Waals surface area contributed by atoms with Crippen LogP contribution in [0.25, 0.3) is 0 Å². The molecule has 4 aliphatic carbocycles. The predicted octanol–water partition coefficient (Wildman–Crippen LogP) is 4.73. The Morgan fingerprint density at radius 3 is 2.69 bits per heavy atom. The van der Waals surface area contributed by atoms with Crippen molar-refractivity contribution in [1.29, 1.82) is 0 Å². The van der Waals surface area contributed by atoms with Crippen molar-refractivity contribution in [2.75, 3.05) is 7.11 Å². The Labute approximate surface area is 176 Å². The van der Waals surface area contributed by atoms with Gasteiger partial charge in [-0.2, -0.15) is 0 Å². The molecule has 0 aromatic carbocycles. The maximum atomic E-state index is 11.7. The number of aliphatic hydroxyl groups is 1. The fraction of sp³-hybridized carbons (Fsp3) is 0.960. The summed E-state index contributed by atoms with van der Waals surface area (Å²) >= 11 is 0. The van der Waals surface area contributed by atoms with Gasteiger partial charge in [0.05, 0.1) is 19.3 Å². The number of rotatable bonds is 4. The third kappa shape index (κ3) is 2.67. The molecule has 1 aliphatic heterocycles. The molecule has 0 radical (unpaired) electrons. The maximum absolute atomic E-state index is 11.7. The van der Waals surface area contributed by atoms with E-state index in [2.05, 4.69) is 20.8 Å².